The van der Waals surface area contributed by atoms with Gasteiger partial charge in [-0.3, -0.25) is 9.59 Å². The predicted molar refractivity (Wildman–Crippen MR) is 93.2 cm³/mol. The maximum Gasteiger partial charge on any atom is 0.239 e. The molecule has 1 aromatic rings. The summed E-state index contributed by atoms with van der Waals surface area (Å²) in [4.78, 5) is 26.6. The molecule has 122 valence electrons. The van der Waals surface area contributed by atoms with Gasteiger partial charge in [-0.05, 0) is 47.4 Å². The number of hydrogen-bond donors (Lipinski definition) is 2. The van der Waals surface area contributed by atoms with Crippen molar-refractivity contribution in [2.75, 3.05) is 31.1 Å². The van der Waals surface area contributed by atoms with Crippen molar-refractivity contribution in [3.63, 3.8) is 0 Å². The van der Waals surface area contributed by atoms with Gasteiger partial charge in [-0.25, -0.2) is 0 Å². The zero-order valence-corrected chi connectivity index (χ0v) is 14.4. The standard InChI is InChI=1S/C17H20BrN3O2/c18-14-3-1-2-4-15(14)21-10-7-13(17(21)23)16(22)20-11-12-5-8-19-9-6-12/h1-5,13,19H,6-11H2,(H,20,22). The molecule has 5 nitrogen and oxygen atoms in total. The Morgan fingerprint density at radius 3 is 2.96 bits per heavy atom. The molecule has 2 aliphatic rings. The van der Waals surface area contributed by atoms with Crippen LogP contribution in [0.5, 0.6) is 0 Å². The Balaban J connectivity index is 1.61. The van der Waals surface area contributed by atoms with Gasteiger partial charge in [0, 0.05) is 24.1 Å². The molecule has 23 heavy (non-hydrogen) atoms. The third-order valence-electron chi connectivity index (χ3n) is 4.31. The van der Waals surface area contributed by atoms with E-state index in [0.717, 1.165) is 29.7 Å². The lowest BCUT2D eigenvalue weighted by atomic mass is 10.1. The number of carbonyl (C=O) groups is 2. The second kappa shape index (κ2) is 7.27. The summed E-state index contributed by atoms with van der Waals surface area (Å²) in [5.74, 6) is -0.859. The largest absolute Gasteiger partial charge is 0.352 e. The summed E-state index contributed by atoms with van der Waals surface area (Å²) in [5, 5.41) is 6.16. The molecule has 2 heterocycles. The molecule has 1 unspecified atom stereocenters. The number of amides is 2. The average molecular weight is 378 g/mol. The minimum atomic E-state index is -0.579. The fourth-order valence-corrected chi connectivity index (χ4v) is 3.49. The summed E-state index contributed by atoms with van der Waals surface area (Å²) in [7, 11) is 0. The molecule has 0 aliphatic carbocycles. The lowest BCUT2D eigenvalue weighted by molar-refractivity contribution is -0.132. The van der Waals surface area contributed by atoms with Crippen LogP contribution in [0.1, 0.15) is 12.8 Å². The maximum absolute atomic E-state index is 12.6. The van der Waals surface area contributed by atoms with E-state index in [1.807, 2.05) is 24.3 Å². The SMILES string of the molecule is O=C(NCC1=CCNCC1)C1CCN(c2ccccc2Br)C1=O. The van der Waals surface area contributed by atoms with Crippen LogP contribution in [-0.4, -0.2) is 38.0 Å². The second-order valence-electron chi connectivity index (χ2n) is 5.82. The summed E-state index contributed by atoms with van der Waals surface area (Å²) in [6.45, 7) is 2.91. The molecule has 1 aromatic carbocycles. The fraction of sp³-hybridized carbons (Fsp3) is 0.412. The number of carbonyl (C=O) groups excluding carboxylic acids is 2. The highest BCUT2D eigenvalue weighted by atomic mass is 79.9. The van der Waals surface area contributed by atoms with Crippen LogP contribution < -0.4 is 15.5 Å². The number of anilines is 1. The van der Waals surface area contributed by atoms with Gasteiger partial charge in [0.05, 0.1) is 5.69 Å². The zero-order chi connectivity index (χ0) is 16.2. The molecule has 1 saturated heterocycles. The molecule has 0 bridgehead atoms. The Bertz CT molecular complexity index is 644. The molecule has 0 radical (unpaired) electrons. The molecule has 2 N–H and O–H groups in total. The van der Waals surface area contributed by atoms with Crippen molar-refractivity contribution < 1.29 is 9.59 Å². The Hall–Kier alpha value is -1.66. The molecular formula is C17H20BrN3O2. The number of benzene rings is 1. The van der Waals surface area contributed by atoms with E-state index in [-0.39, 0.29) is 11.8 Å². The van der Waals surface area contributed by atoms with Gasteiger partial charge in [0.2, 0.25) is 11.8 Å². The van der Waals surface area contributed by atoms with Crippen LogP contribution in [0.25, 0.3) is 0 Å². The molecule has 0 aromatic heterocycles. The fourth-order valence-electron chi connectivity index (χ4n) is 2.99. The maximum atomic E-state index is 12.6. The van der Waals surface area contributed by atoms with E-state index in [4.69, 9.17) is 0 Å². The van der Waals surface area contributed by atoms with E-state index < -0.39 is 5.92 Å². The van der Waals surface area contributed by atoms with Crippen LogP contribution in [0.3, 0.4) is 0 Å². The Morgan fingerprint density at radius 2 is 2.22 bits per heavy atom. The molecule has 6 heteroatoms. The lowest BCUT2D eigenvalue weighted by Crippen LogP contribution is -2.38. The van der Waals surface area contributed by atoms with Crippen LogP contribution in [0, 0.1) is 5.92 Å². The van der Waals surface area contributed by atoms with Gasteiger partial charge in [-0.15, -0.1) is 0 Å². The number of hydrogen-bond acceptors (Lipinski definition) is 3. The molecule has 0 saturated carbocycles. The van der Waals surface area contributed by atoms with Crippen LogP contribution in [0.2, 0.25) is 0 Å². The van der Waals surface area contributed by atoms with Gasteiger partial charge >= 0.3 is 0 Å². The highest BCUT2D eigenvalue weighted by molar-refractivity contribution is 9.10. The van der Waals surface area contributed by atoms with Crippen molar-refractivity contribution >= 4 is 33.4 Å². The number of nitrogens with zero attached hydrogens (tertiary/aromatic N) is 1. The van der Waals surface area contributed by atoms with E-state index in [0.29, 0.717) is 19.5 Å². The first kappa shape index (κ1) is 16.2. The predicted octanol–water partition coefficient (Wildman–Crippen LogP) is 1.84. The highest BCUT2D eigenvalue weighted by Crippen LogP contribution is 2.31. The van der Waals surface area contributed by atoms with Gasteiger partial charge in [-0.1, -0.05) is 23.8 Å². The molecule has 0 spiro atoms. The summed E-state index contributed by atoms with van der Waals surface area (Å²) in [6, 6.07) is 7.59. The van der Waals surface area contributed by atoms with E-state index in [1.165, 1.54) is 5.57 Å². The molecule has 2 amide bonds. The summed E-state index contributed by atoms with van der Waals surface area (Å²) >= 11 is 3.47. The van der Waals surface area contributed by atoms with Gasteiger partial charge in [0.1, 0.15) is 5.92 Å². The minimum Gasteiger partial charge on any atom is -0.352 e. The van der Waals surface area contributed by atoms with Gasteiger partial charge < -0.3 is 15.5 Å². The first-order chi connectivity index (χ1) is 11.2. The molecule has 3 rings (SSSR count). The smallest absolute Gasteiger partial charge is 0.239 e. The topological polar surface area (TPSA) is 61.4 Å². The molecular weight excluding hydrogens is 358 g/mol. The first-order valence-electron chi connectivity index (χ1n) is 7.89. The molecule has 2 aliphatic heterocycles. The zero-order valence-electron chi connectivity index (χ0n) is 12.8. The number of halogens is 1. The van der Waals surface area contributed by atoms with Crippen LogP contribution in [-0.2, 0) is 9.59 Å². The third kappa shape index (κ3) is 3.64. The Labute approximate surface area is 144 Å². The third-order valence-corrected chi connectivity index (χ3v) is 4.98. The van der Waals surface area contributed by atoms with Crippen molar-refractivity contribution in [3.05, 3.63) is 40.4 Å². The van der Waals surface area contributed by atoms with Crippen LogP contribution >= 0.6 is 15.9 Å². The van der Waals surface area contributed by atoms with E-state index in [9.17, 15) is 9.59 Å². The van der Waals surface area contributed by atoms with E-state index >= 15 is 0 Å². The summed E-state index contributed by atoms with van der Waals surface area (Å²) in [6.07, 6.45) is 3.61. The quantitative estimate of drug-likeness (QED) is 0.621. The van der Waals surface area contributed by atoms with Crippen molar-refractivity contribution in [1.29, 1.82) is 0 Å². The number of nitrogens with one attached hydrogen (secondary N) is 2. The van der Waals surface area contributed by atoms with Crippen LogP contribution in [0.15, 0.2) is 40.4 Å². The van der Waals surface area contributed by atoms with E-state index in [2.05, 4.69) is 32.6 Å². The minimum absolute atomic E-state index is 0.117. The number of rotatable bonds is 4. The van der Waals surface area contributed by atoms with Crippen molar-refractivity contribution in [2.45, 2.75) is 12.8 Å². The average Bonchev–Trinajstić information content (AvgIpc) is 2.95. The van der Waals surface area contributed by atoms with Crippen molar-refractivity contribution in [3.8, 4) is 0 Å². The summed E-state index contributed by atoms with van der Waals surface area (Å²) < 4.78 is 0.870. The second-order valence-corrected chi connectivity index (χ2v) is 6.67. The van der Waals surface area contributed by atoms with E-state index in [1.54, 1.807) is 4.90 Å². The first-order valence-corrected chi connectivity index (χ1v) is 8.68. The van der Waals surface area contributed by atoms with Crippen LogP contribution in [0.4, 0.5) is 5.69 Å². The Morgan fingerprint density at radius 1 is 1.39 bits per heavy atom. The van der Waals surface area contributed by atoms with Gasteiger partial charge in [0.15, 0.2) is 0 Å². The molecule has 1 fully saturated rings. The van der Waals surface area contributed by atoms with Crippen molar-refractivity contribution in [1.82, 2.24) is 10.6 Å². The summed E-state index contributed by atoms with van der Waals surface area (Å²) in [5.41, 5.74) is 2.05. The normalized spacial score (nSPS) is 21.3. The monoisotopic (exact) mass is 377 g/mol. The lowest BCUT2D eigenvalue weighted by Gasteiger charge is -2.19. The molecule has 1 atom stereocenters. The van der Waals surface area contributed by atoms with Crippen molar-refractivity contribution in [2.24, 2.45) is 5.92 Å². The van der Waals surface area contributed by atoms with Gasteiger partial charge in [0.25, 0.3) is 0 Å². The van der Waals surface area contributed by atoms with Gasteiger partial charge in [-0.2, -0.15) is 0 Å². The Kier molecular flexibility index (Phi) is 5.13. The number of para-hydroxylation sites is 1. The highest BCUT2D eigenvalue weighted by Gasteiger charge is 2.38.